The van der Waals surface area contributed by atoms with Gasteiger partial charge in [0.15, 0.2) is 0 Å². The predicted octanol–water partition coefficient (Wildman–Crippen LogP) is 4.70. The van der Waals surface area contributed by atoms with Gasteiger partial charge in [0.1, 0.15) is 12.4 Å². The largest absolute Gasteiger partial charge is 0.489 e. The number of nitrogens with zero attached hydrogens (tertiary/aromatic N) is 1. The summed E-state index contributed by atoms with van der Waals surface area (Å²) in [7, 11) is 0. The highest BCUT2D eigenvalue weighted by atomic mass is 16.5. The van der Waals surface area contributed by atoms with Crippen LogP contribution in [0.1, 0.15) is 57.1 Å². The number of amides is 2. The number of hydrogen-bond acceptors (Lipinski definition) is 3. The Morgan fingerprint density at radius 2 is 1.60 bits per heavy atom. The van der Waals surface area contributed by atoms with Crippen molar-refractivity contribution in [3.05, 3.63) is 65.7 Å². The molecule has 0 aliphatic carbocycles. The van der Waals surface area contributed by atoms with Gasteiger partial charge in [-0.05, 0) is 42.5 Å². The Morgan fingerprint density at radius 1 is 0.900 bits per heavy atom. The van der Waals surface area contributed by atoms with Crippen LogP contribution in [-0.4, -0.2) is 29.8 Å². The van der Waals surface area contributed by atoms with Crippen LogP contribution in [-0.2, 0) is 22.7 Å². The molecule has 0 spiro atoms. The third-order valence-electron chi connectivity index (χ3n) is 4.76. The van der Waals surface area contributed by atoms with Crippen LogP contribution in [0.25, 0.3) is 0 Å². The lowest BCUT2D eigenvalue weighted by molar-refractivity contribution is -0.131. The summed E-state index contributed by atoms with van der Waals surface area (Å²) in [5.74, 6) is 0.964. The highest BCUT2D eigenvalue weighted by Crippen LogP contribution is 2.13. The molecule has 0 radical (unpaired) electrons. The number of rotatable bonds is 13. The first-order valence-electron chi connectivity index (χ1n) is 10.9. The molecule has 0 saturated carbocycles. The van der Waals surface area contributed by atoms with Crippen molar-refractivity contribution in [1.82, 2.24) is 10.2 Å². The van der Waals surface area contributed by atoms with Crippen molar-refractivity contribution in [2.24, 2.45) is 0 Å². The monoisotopic (exact) mass is 410 g/mol. The molecule has 2 aromatic carbocycles. The molecule has 2 amide bonds. The molecular formula is C25H34N2O3. The summed E-state index contributed by atoms with van der Waals surface area (Å²) in [6.45, 7) is 6.70. The lowest BCUT2D eigenvalue weighted by Crippen LogP contribution is -2.32. The minimum absolute atomic E-state index is 0.0220. The Balaban J connectivity index is 1.71. The Morgan fingerprint density at radius 3 is 2.30 bits per heavy atom. The lowest BCUT2D eigenvalue weighted by Gasteiger charge is -2.21. The van der Waals surface area contributed by atoms with Crippen molar-refractivity contribution >= 4 is 11.8 Å². The molecule has 0 fully saturated rings. The van der Waals surface area contributed by atoms with Crippen molar-refractivity contribution in [2.45, 2.75) is 59.1 Å². The van der Waals surface area contributed by atoms with E-state index in [1.54, 1.807) is 0 Å². The molecule has 2 rings (SSSR count). The first-order valence-corrected chi connectivity index (χ1v) is 10.9. The summed E-state index contributed by atoms with van der Waals surface area (Å²) in [5.41, 5.74) is 2.09. The van der Waals surface area contributed by atoms with Crippen LogP contribution < -0.4 is 10.1 Å². The van der Waals surface area contributed by atoms with Crippen molar-refractivity contribution < 1.29 is 14.3 Å². The summed E-state index contributed by atoms with van der Waals surface area (Å²) in [6, 6.07) is 17.7. The average Bonchev–Trinajstić information content (AvgIpc) is 2.77. The molecular weight excluding hydrogens is 376 g/mol. The fourth-order valence-corrected chi connectivity index (χ4v) is 3.26. The molecule has 30 heavy (non-hydrogen) atoms. The zero-order chi connectivity index (χ0) is 21.6. The van der Waals surface area contributed by atoms with Gasteiger partial charge in [-0.1, -0.05) is 56.3 Å². The average molecular weight is 411 g/mol. The number of benzene rings is 2. The summed E-state index contributed by atoms with van der Waals surface area (Å²) in [4.78, 5) is 26.3. The minimum Gasteiger partial charge on any atom is -0.489 e. The van der Waals surface area contributed by atoms with E-state index in [1.807, 2.05) is 59.5 Å². The number of carbonyl (C=O) groups is 2. The fraction of sp³-hybridized carbons (Fsp3) is 0.440. The molecule has 5 heteroatoms. The maximum atomic E-state index is 12.3. The molecule has 1 N–H and O–H groups in total. The topological polar surface area (TPSA) is 58.6 Å². The fourth-order valence-electron chi connectivity index (χ4n) is 3.26. The van der Waals surface area contributed by atoms with Gasteiger partial charge in [0, 0.05) is 32.5 Å². The van der Waals surface area contributed by atoms with Crippen LogP contribution in [0.5, 0.6) is 5.75 Å². The standard InChI is InChI=1S/C25H34N2O3/c1-3-16-27(17-4-2)25(29)15-9-14-24(28)26-19-21-10-8-11-22(18-21)20-30-23-12-6-5-7-13-23/h5-8,10-13,18H,3-4,9,14-17,19-20H2,1-2H3,(H,26,28). The molecule has 5 nitrogen and oxygen atoms in total. The van der Waals surface area contributed by atoms with E-state index in [4.69, 9.17) is 4.74 Å². The van der Waals surface area contributed by atoms with Crippen LogP contribution in [0.4, 0.5) is 0 Å². The lowest BCUT2D eigenvalue weighted by atomic mass is 10.1. The molecule has 0 aliphatic rings. The van der Waals surface area contributed by atoms with E-state index in [-0.39, 0.29) is 11.8 Å². The third kappa shape index (κ3) is 8.68. The molecule has 2 aromatic rings. The van der Waals surface area contributed by atoms with Gasteiger partial charge in [-0.25, -0.2) is 0 Å². The highest BCUT2D eigenvalue weighted by Gasteiger charge is 2.12. The molecule has 0 unspecified atom stereocenters. The first kappa shape index (κ1) is 23.5. The molecule has 0 bridgehead atoms. The van der Waals surface area contributed by atoms with Crippen LogP contribution >= 0.6 is 0 Å². The van der Waals surface area contributed by atoms with Gasteiger partial charge in [0.25, 0.3) is 0 Å². The van der Waals surface area contributed by atoms with Crippen LogP contribution in [0.3, 0.4) is 0 Å². The number of carbonyl (C=O) groups excluding carboxylic acids is 2. The van der Waals surface area contributed by atoms with E-state index in [0.29, 0.717) is 32.4 Å². The summed E-state index contributed by atoms with van der Waals surface area (Å²) >= 11 is 0. The molecule has 0 saturated heterocycles. The zero-order valence-corrected chi connectivity index (χ0v) is 18.2. The quantitative estimate of drug-likeness (QED) is 0.521. The van der Waals surface area contributed by atoms with Crippen molar-refractivity contribution in [1.29, 1.82) is 0 Å². The van der Waals surface area contributed by atoms with Crippen molar-refractivity contribution in [2.75, 3.05) is 13.1 Å². The second-order valence-electron chi connectivity index (χ2n) is 7.43. The van der Waals surface area contributed by atoms with Gasteiger partial charge in [0.05, 0.1) is 0 Å². The normalized spacial score (nSPS) is 10.5. The van der Waals surface area contributed by atoms with E-state index in [2.05, 4.69) is 19.2 Å². The maximum Gasteiger partial charge on any atom is 0.222 e. The van der Waals surface area contributed by atoms with Gasteiger partial charge in [-0.3, -0.25) is 9.59 Å². The van der Waals surface area contributed by atoms with Gasteiger partial charge >= 0.3 is 0 Å². The van der Waals surface area contributed by atoms with E-state index >= 15 is 0 Å². The number of para-hydroxylation sites is 1. The Kier molecular flexibility index (Phi) is 10.5. The Hall–Kier alpha value is -2.82. The summed E-state index contributed by atoms with van der Waals surface area (Å²) in [6.07, 6.45) is 3.30. The minimum atomic E-state index is -0.0220. The maximum absolute atomic E-state index is 12.3. The molecule has 0 aliphatic heterocycles. The predicted molar refractivity (Wildman–Crippen MR) is 120 cm³/mol. The Labute approximate surface area is 180 Å². The van der Waals surface area contributed by atoms with Crippen LogP contribution in [0, 0.1) is 0 Å². The molecule has 0 aromatic heterocycles. The molecule has 0 heterocycles. The van der Waals surface area contributed by atoms with Crippen molar-refractivity contribution in [3.63, 3.8) is 0 Å². The highest BCUT2D eigenvalue weighted by molar-refractivity contribution is 5.79. The third-order valence-corrected chi connectivity index (χ3v) is 4.76. The summed E-state index contributed by atoms with van der Waals surface area (Å²) in [5, 5.41) is 2.95. The van der Waals surface area contributed by atoms with Gasteiger partial charge < -0.3 is 15.0 Å². The van der Waals surface area contributed by atoms with E-state index in [9.17, 15) is 9.59 Å². The number of nitrogens with one attached hydrogen (secondary N) is 1. The van der Waals surface area contributed by atoms with Crippen molar-refractivity contribution in [3.8, 4) is 5.75 Å². The van der Waals surface area contributed by atoms with E-state index < -0.39 is 0 Å². The van der Waals surface area contributed by atoms with E-state index in [0.717, 1.165) is 42.8 Å². The van der Waals surface area contributed by atoms with Gasteiger partial charge in [0.2, 0.25) is 11.8 Å². The van der Waals surface area contributed by atoms with Gasteiger partial charge in [-0.15, -0.1) is 0 Å². The number of ether oxygens (including phenoxy) is 1. The SMILES string of the molecule is CCCN(CCC)C(=O)CCCC(=O)NCc1cccc(COc2ccccc2)c1. The van der Waals surface area contributed by atoms with Crippen LogP contribution in [0.2, 0.25) is 0 Å². The molecule has 0 atom stereocenters. The Bertz CT molecular complexity index is 771. The second kappa shape index (κ2) is 13.4. The first-order chi connectivity index (χ1) is 14.6. The zero-order valence-electron chi connectivity index (χ0n) is 18.2. The number of hydrogen-bond donors (Lipinski definition) is 1. The van der Waals surface area contributed by atoms with E-state index in [1.165, 1.54) is 0 Å². The smallest absolute Gasteiger partial charge is 0.222 e. The summed E-state index contributed by atoms with van der Waals surface area (Å²) < 4.78 is 5.78. The van der Waals surface area contributed by atoms with Gasteiger partial charge in [-0.2, -0.15) is 0 Å². The van der Waals surface area contributed by atoms with Crippen LogP contribution in [0.15, 0.2) is 54.6 Å². The second-order valence-corrected chi connectivity index (χ2v) is 7.43. The molecule has 162 valence electrons.